The molecule has 0 amide bonds. The van der Waals surface area contributed by atoms with E-state index in [0.29, 0.717) is 5.41 Å². The third kappa shape index (κ3) is 3.34. The van der Waals surface area contributed by atoms with Crippen molar-refractivity contribution in [1.29, 1.82) is 0 Å². The van der Waals surface area contributed by atoms with Gasteiger partial charge in [0.15, 0.2) is 5.11 Å². The van der Waals surface area contributed by atoms with Crippen molar-refractivity contribution in [3.63, 3.8) is 0 Å². The topological polar surface area (TPSA) is 15.3 Å². The fraction of sp³-hybridized carbons (Fsp3) is 0.923. The Bertz CT molecular complexity index is 214. The number of hydrogen-bond acceptors (Lipinski definition) is 1. The van der Waals surface area contributed by atoms with Crippen LogP contribution < -0.4 is 5.32 Å². The Balaban J connectivity index is 2.39. The van der Waals surface area contributed by atoms with Crippen molar-refractivity contribution in [2.75, 3.05) is 19.6 Å². The fourth-order valence-corrected chi connectivity index (χ4v) is 2.77. The molecule has 1 heterocycles. The Kier molecular flexibility index (Phi) is 5.53. The van der Waals surface area contributed by atoms with Crippen molar-refractivity contribution in [2.24, 2.45) is 5.41 Å². The van der Waals surface area contributed by atoms with Crippen molar-refractivity contribution in [3.05, 3.63) is 0 Å². The van der Waals surface area contributed by atoms with E-state index < -0.39 is 0 Å². The van der Waals surface area contributed by atoms with E-state index in [-0.39, 0.29) is 0 Å². The molecule has 94 valence electrons. The molecule has 1 fully saturated rings. The first kappa shape index (κ1) is 13.8. The molecule has 0 radical (unpaired) electrons. The van der Waals surface area contributed by atoms with Crippen LogP contribution in [0, 0.1) is 5.41 Å². The summed E-state index contributed by atoms with van der Waals surface area (Å²) in [5.74, 6) is 0. The summed E-state index contributed by atoms with van der Waals surface area (Å²) in [6, 6.07) is 0. The maximum Gasteiger partial charge on any atom is 0.168 e. The van der Waals surface area contributed by atoms with Gasteiger partial charge in [0, 0.05) is 19.6 Å². The van der Waals surface area contributed by atoms with Crippen LogP contribution >= 0.6 is 12.2 Å². The third-order valence-corrected chi connectivity index (χ3v) is 4.54. The Morgan fingerprint density at radius 1 is 1.19 bits per heavy atom. The molecule has 2 nitrogen and oxygen atoms in total. The van der Waals surface area contributed by atoms with Crippen LogP contribution in [0.15, 0.2) is 0 Å². The van der Waals surface area contributed by atoms with E-state index in [1.807, 2.05) is 0 Å². The van der Waals surface area contributed by atoms with Gasteiger partial charge in [-0.25, -0.2) is 0 Å². The Hall–Kier alpha value is -0.310. The van der Waals surface area contributed by atoms with Gasteiger partial charge in [0.1, 0.15) is 0 Å². The van der Waals surface area contributed by atoms with Crippen LogP contribution in [0.5, 0.6) is 0 Å². The molecule has 0 atom stereocenters. The quantitative estimate of drug-likeness (QED) is 0.762. The highest BCUT2D eigenvalue weighted by Crippen LogP contribution is 2.37. The fourth-order valence-electron chi connectivity index (χ4n) is 2.48. The molecular weight excluding hydrogens is 216 g/mol. The second-order valence-electron chi connectivity index (χ2n) is 4.93. The van der Waals surface area contributed by atoms with E-state index >= 15 is 0 Å². The van der Waals surface area contributed by atoms with Crippen molar-refractivity contribution in [3.8, 4) is 0 Å². The van der Waals surface area contributed by atoms with Crippen LogP contribution in [0.25, 0.3) is 0 Å². The van der Waals surface area contributed by atoms with Crippen LogP contribution in [0.2, 0.25) is 0 Å². The zero-order chi connectivity index (χ0) is 12.0. The monoisotopic (exact) mass is 242 g/mol. The summed E-state index contributed by atoms with van der Waals surface area (Å²) < 4.78 is 0. The molecule has 1 rings (SSSR count). The highest BCUT2D eigenvalue weighted by atomic mass is 32.1. The lowest BCUT2D eigenvalue weighted by Crippen LogP contribution is -2.47. The van der Waals surface area contributed by atoms with Gasteiger partial charge in [-0.15, -0.1) is 0 Å². The first-order chi connectivity index (χ1) is 7.67. The van der Waals surface area contributed by atoms with E-state index in [0.717, 1.165) is 31.2 Å². The maximum absolute atomic E-state index is 5.40. The minimum absolute atomic E-state index is 0.594. The molecule has 1 aliphatic rings. The van der Waals surface area contributed by atoms with Gasteiger partial charge in [-0.1, -0.05) is 33.6 Å². The number of thiocarbonyl (C=S) groups is 1. The summed E-state index contributed by atoms with van der Waals surface area (Å²) >= 11 is 5.40. The Morgan fingerprint density at radius 3 is 2.19 bits per heavy atom. The molecule has 0 bridgehead atoms. The number of nitrogens with one attached hydrogen (secondary N) is 1. The summed E-state index contributed by atoms with van der Waals surface area (Å²) in [5.41, 5.74) is 0.594. The molecule has 3 heteroatoms. The second-order valence-corrected chi connectivity index (χ2v) is 5.31. The molecule has 0 aromatic rings. The van der Waals surface area contributed by atoms with Gasteiger partial charge < -0.3 is 10.2 Å². The van der Waals surface area contributed by atoms with E-state index in [4.69, 9.17) is 12.2 Å². The third-order valence-electron chi connectivity index (χ3n) is 4.14. The van der Waals surface area contributed by atoms with E-state index in [2.05, 4.69) is 31.0 Å². The minimum atomic E-state index is 0.594. The van der Waals surface area contributed by atoms with Gasteiger partial charge >= 0.3 is 0 Å². The maximum atomic E-state index is 5.40. The molecule has 0 aliphatic carbocycles. The highest BCUT2D eigenvalue weighted by molar-refractivity contribution is 7.80. The van der Waals surface area contributed by atoms with Crippen molar-refractivity contribution in [1.82, 2.24) is 10.2 Å². The van der Waals surface area contributed by atoms with Crippen LogP contribution in [-0.2, 0) is 0 Å². The molecule has 16 heavy (non-hydrogen) atoms. The normalized spacial score (nSPS) is 19.6. The Morgan fingerprint density at radius 2 is 1.75 bits per heavy atom. The summed E-state index contributed by atoms with van der Waals surface area (Å²) in [7, 11) is 0. The average Bonchev–Trinajstić information content (AvgIpc) is 2.36. The summed E-state index contributed by atoms with van der Waals surface area (Å²) in [6.45, 7) is 10.1. The number of piperidine rings is 1. The first-order valence-corrected chi connectivity index (χ1v) is 7.11. The van der Waals surface area contributed by atoms with Crippen LogP contribution in [0.3, 0.4) is 0 Å². The van der Waals surface area contributed by atoms with E-state index in [9.17, 15) is 0 Å². The lowest BCUT2D eigenvalue weighted by molar-refractivity contribution is 0.135. The zero-order valence-electron chi connectivity index (χ0n) is 11.0. The van der Waals surface area contributed by atoms with E-state index in [1.165, 1.54) is 25.7 Å². The molecule has 1 saturated heterocycles. The van der Waals surface area contributed by atoms with Crippen LogP contribution in [0.4, 0.5) is 0 Å². The molecule has 0 aromatic heterocycles. The van der Waals surface area contributed by atoms with Crippen molar-refractivity contribution in [2.45, 2.75) is 52.9 Å². The van der Waals surface area contributed by atoms with Gasteiger partial charge in [0.05, 0.1) is 0 Å². The predicted molar refractivity (Wildman–Crippen MR) is 74.7 cm³/mol. The number of nitrogens with zero attached hydrogens (tertiary/aromatic N) is 1. The first-order valence-electron chi connectivity index (χ1n) is 6.70. The predicted octanol–water partition coefficient (Wildman–Crippen LogP) is 3.17. The highest BCUT2D eigenvalue weighted by Gasteiger charge is 2.31. The SMILES string of the molecule is CCCNC(=S)N1CCC(CC)(CC)CC1. The second kappa shape index (κ2) is 6.43. The number of rotatable bonds is 4. The van der Waals surface area contributed by atoms with E-state index in [1.54, 1.807) is 0 Å². The lowest BCUT2D eigenvalue weighted by atomic mass is 9.74. The minimum Gasteiger partial charge on any atom is -0.363 e. The van der Waals surface area contributed by atoms with Gasteiger partial charge in [-0.05, 0) is 36.9 Å². The lowest BCUT2D eigenvalue weighted by Gasteiger charge is -2.42. The number of hydrogen-bond donors (Lipinski definition) is 1. The summed E-state index contributed by atoms with van der Waals surface area (Å²) in [6.07, 6.45) is 6.36. The van der Waals surface area contributed by atoms with Gasteiger partial charge in [-0.2, -0.15) is 0 Å². The molecule has 0 aromatic carbocycles. The van der Waals surface area contributed by atoms with Crippen LogP contribution in [-0.4, -0.2) is 29.6 Å². The average molecular weight is 242 g/mol. The smallest absolute Gasteiger partial charge is 0.168 e. The van der Waals surface area contributed by atoms with Crippen molar-refractivity contribution >= 4 is 17.3 Å². The summed E-state index contributed by atoms with van der Waals surface area (Å²) in [5, 5.41) is 4.28. The van der Waals surface area contributed by atoms with Crippen LogP contribution in [0.1, 0.15) is 52.9 Å². The summed E-state index contributed by atoms with van der Waals surface area (Å²) in [4.78, 5) is 2.34. The van der Waals surface area contributed by atoms with Crippen molar-refractivity contribution < 1.29 is 0 Å². The molecule has 1 aliphatic heterocycles. The Labute approximate surface area is 106 Å². The molecule has 0 unspecified atom stereocenters. The molecule has 1 N–H and O–H groups in total. The zero-order valence-corrected chi connectivity index (χ0v) is 11.8. The molecular formula is C13H26N2S. The van der Waals surface area contributed by atoms with Gasteiger partial charge in [-0.3, -0.25) is 0 Å². The largest absolute Gasteiger partial charge is 0.363 e. The van der Waals surface area contributed by atoms with Gasteiger partial charge in [0.2, 0.25) is 0 Å². The number of likely N-dealkylation sites (tertiary alicyclic amines) is 1. The molecule has 0 spiro atoms. The standard InChI is InChI=1S/C13H26N2S/c1-4-9-14-12(16)15-10-7-13(5-2,6-3)8-11-15/h4-11H2,1-3H3,(H,14,16). The van der Waals surface area contributed by atoms with Gasteiger partial charge in [0.25, 0.3) is 0 Å². The molecule has 0 saturated carbocycles.